The Morgan fingerprint density at radius 3 is 2.24 bits per heavy atom. The van der Waals surface area contributed by atoms with Crippen molar-refractivity contribution in [1.82, 2.24) is 9.80 Å². The molecule has 0 spiro atoms. The Morgan fingerprint density at radius 1 is 1.06 bits per heavy atom. The average Bonchev–Trinajstić information content (AvgIpc) is 3.33. The predicted molar refractivity (Wildman–Crippen MR) is 134 cm³/mol. The maximum Gasteiger partial charge on any atom is 0.416 e. The van der Waals surface area contributed by atoms with Gasteiger partial charge in [-0.1, -0.05) is 17.7 Å². The quantitative estimate of drug-likeness (QED) is 0.471. The van der Waals surface area contributed by atoms with Gasteiger partial charge in [0.25, 0.3) is 0 Å². The van der Waals surface area contributed by atoms with Gasteiger partial charge in [-0.15, -0.1) is 11.3 Å². The van der Waals surface area contributed by atoms with E-state index in [0.717, 1.165) is 68.9 Å². The zero-order valence-corrected chi connectivity index (χ0v) is 21.0. The molecule has 2 aliphatic heterocycles. The molecule has 1 aromatic heterocycles. The SMILES string of the molecule is O=C(Cc1cccs1)N1CCC(C2CCN(C(=S)Nc3cc(C(F)(F)F)ccc3Cl)CC2)CC1. The van der Waals surface area contributed by atoms with Gasteiger partial charge in [-0.3, -0.25) is 4.79 Å². The Hall–Kier alpha value is -1.84. The van der Waals surface area contributed by atoms with Crippen LogP contribution in [0.4, 0.5) is 18.9 Å². The Kier molecular flexibility index (Phi) is 8.05. The molecule has 10 heteroatoms. The summed E-state index contributed by atoms with van der Waals surface area (Å²) in [4.78, 5) is 17.6. The Balaban J connectivity index is 1.24. The lowest BCUT2D eigenvalue weighted by Crippen LogP contribution is -2.45. The van der Waals surface area contributed by atoms with E-state index >= 15 is 0 Å². The zero-order valence-electron chi connectivity index (χ0n) is 18.6. The number of nitrogens with one attached hydrogen (secondary N) is 1. The molecule has 1 aromatic carbocycles. The van der Waals surface area contributed by atoms with Crippen LogP contribution in [-0.4, -0.2) is 47.0 Å². The first-order valence-electron chi connectivity index (χ1n) is 11.4. The number of thiocarbonyl (C=S) groups is 1. The maximum absolute atomic E-state index is 13.0. The number of halogens is 4. The molecular weight excluding hydrogens is 503 g/mol. The van der Waals surface area contributed by atoms with Crippen LogP contribution in [0, 0.1) is 11.8 Å². The molecule has 4 nitrogen and oxygen atoms in total. The molecule has 0 atom stereocenters. The first kappa shape index (κ1) is 25.3. The number of hydrogen-bond acceptors (Lipinski definition) is 3. The summed E-state index contributed by atoms with van der Waals surface area (Å²) in [5, 5.41) is 5.50. The van der Waals surface area contributed by atoms with Gasteiger partial charge in [-0.05, 0) is 79.4 Å². The summed E-state index contributed by atoms with van der Waals surface area (Å²) in [6, 6.07) is 7.17. The molecule has 184 valence electrons. The van der Waals surface area contributed by atoms with Crippen LogP contribution in [-0.2, 0) is 17.4 Å². The van der Waals surface area contributed by atoms with Crippen molar-refractivity contribution in [2.45, 2.75) is 38.3 Å². The lowest BCUT2D eigenvalue weighted by Gasteiger charge is -2.41. The molecule has 4 rings (SSSR count). The minimum atomic E-state index is -4.44. The molecule has 34 heavy (non-hydrogen) atoms. The number of piperidine rings is 2. The van der Waals surface area contributed by atoms with E-state index in [1.165, 1.54) is 6.07 Å². The minimum absolute atomic E-state index is 0.170. The van der Waals surface area contributed by atoms with Gasteiger partial charge in [-0.25, -0.2) is 0 Å². The number of rotatable bonds is 4. The Bertz CT molecular complexity index is 999. The van der Waals surface area contributed by atoms with Crippen molar-refractivity contribution >= 4 is 51.9 Å². The highest BCUT2D eigenvalue weighted by atomic mass is 35.5. The van der Waals surface area contributed by atoms with Crippen LogP contribution in [0.15, 0.2) is 35.7 Å². The fourth-order valence-electron chi connectivity index (χ4n) is 4.86. The van der Waals surface area contributed by atoms with Crippen LogP contribution in [0.25, 0.3) is 0 Å². The van der Waals surface area contributed by atoms with Crippen molar-refractivity contribution in [2.24, 2.45) is 11.8 Å². The summed E-state index contributed by atoms with van der Waals surface area (Å²) in [7, 11) is 0. The predicted octanol–water partition coefficient (Wildman–Crippen LogP) is 6.31. The molecule has 0 saturated carbocycles. The second-order valence-corrected chi connectivity index (χ2v) is 10.7. The van der Waals surface area contributed by atoms with Crippen LogP contribution in [0.1, 0.15) is 36.1 Å². The van der Waals surface area contributed by atoms with Gasteiger partial charge in [0.2, 0.25) is 5.91 Å². The normalized spacial score (nSPS) is 18.2. The van der Waals surface area contributed by atoms with Crippen LogP contribution in [0.3, 0.4) is 0 Å². The van der Waals surface area contributed by atoms with Crippen molar-refractivity contribution in [1.29, 1.82) is 0 Å². The van der Waals surface area contributed by atoms with Gasteiger partial charge in [-0.2, -0.15) is 13.2 Å². The van der Waals surface area contributed by atoms with Crippen LogP contribution >= 0.6 is 35.2 Å². The molecule has 1 N–H and O–H groups in total. The number of anilines is 1. The number of carbonyl (C=O) groups is 1. The van der Waals surface area contributed by atoms with E-state index in [0.29, 0.717) is 23.4 Å². The molecule has 2 aromatic rings. The summed E-state index contributed by atoms with van der Waals surface area (Å²) in [5.74, 6) is 1.37. The van der Waals surface area contributed by atoms with Crippen molar-refractivity contribution in [3.8, 4) is 0 Å². The lowest BCUT2D eigenvalue weighted by atomic mass is 9.79. The van der Waals surface area contributed by atoms with E-state index in [9.17, 15) is 18.0 Å². The van der Waals surface area contributed by atoms with Gasteiger partial charge in [0.1, 0.15) is 0 Å². The fourth-order valence-corrected chi connectivity index (χ4v) is 6.01. The molecule has 0 radical (unpaired) electrons. The molecular formula is C24H27ClF3N3OS2. The number of likely N-dealkylation sites (tertiary alicyclic amines) is 2. The fraction of sp³-hybridized carbons (Fsp3) is 0.500. The summed E-state index contributed by atoms with van der Waals surface area (Å²) < 4.78 is 39.1. The highest BCUT2D eigenvalue weighted by Gasteiger charge is 2.33. The molecule has 2 saturated heterocycles. The van der Waals surface area contributed by atoms with Crippen molar-refractivity contribution in [3.63, 3.8) is 0 Å². The van der Waals surface area contributed by atoms with E-state index in [1.54, 1.807) is 11.3 Å². The number of thiophene rings is 1. The first-order valence-corrected chi connectivity index (χ1v) is 13.1. The summed E-state index contributed by atoms with van der Waals surface area (Å²) >= 11 is 13.2. The van der Waals surface area contributed by atoms with Crippen LogP contribution in [0.2, 0.25) is 5.02 Å². The number of hydrogen-bond donors (Lipinski definition) is 1. The van der Waals surface area contributed by atoms with Crippen molar-refractivity contribution < 1.29 is 18.0 Å². The Morgan fingerprint density at radius 2 is 1.68 bits per heavy atom. The molecule has 0 aliphatic carbocycles. The topological polar surface area (TPSA) is 35.6 Å². The maximum atomic E-state index is 13.0. The Labute approximate surface area is 212 Å². The van der Waals surface area contributed by atoms with Gasteiger partial charge in [0.15, 0.2) is 5.11 Å². The second kappa shape index (κ2) is 10.8. The van der Waals surface area contributed by atoms with Gasteiger partial charge < -0.3 is 15.1 Å². The van der Waals surface area contributed by atoms with E-state index in [1.807, 2.05) is 27.3 Å². The molecule has 0 bridgehead atoms. The summed E-state index contributed by atoms with van der Waals surface area (Å²) in [5.41, 5.74) is -0.593. The van der Waals surface area contributed by atoms with Gasteiger partial charge >= 0.3 is 6.18 Å². The number of nitrogens with zero attached hydrogens (tertiary/aromatic N) is 2. The number of carbonyl (C=O) groups excluding carboxylic acids is 1. The number of benzene rings is 1. The van der Waals surface area contributed by atoms with E-state index in [2.05, 4.69) is 5.32 Å². The highest BCUT2D eigenvalue weighted by molar-refractivity contribution is 7.80. The molecule has 3 heterocycles. The molecule has 0 unspecified atom stereocenters. The second-order valence-electron chi connectivity index (χ2n) is 8.92. The average molecular weight is 530 g/mol. The molecule has 2 fully saturated rings. The third-order valence-corrected chi connectivity index (χ3v) is 8.39. The zero-order chi connectivity index (χ0) is 24.3. The van der Waals surface area contributed by atoms with Gasteiger partial charge in [0.05, 0.1) is 22.7 Å². The van der Waals surface area contributed by atoms with E-state index < -0.39 is 11.7 Å². The van der Waals surface area contributed by atoms with Crippen LogP contribution < -0.4 is 5.32 Å². The number of alkyl halides is 3. The minimum Gasteiger partial charge on any atom is -0.349 e. The largest absolute Gasteiger partial charge is 0.416 e. The third-order valence-electron chi connectivity index (χ3n) is 6.83. The van der Waals surface area contributed by atoms with E-state index in [-0.39, 0.29) is 16.6 Å². The lowest BCUT2D eigenvalue weighted by molar-refractivity contribution is -0.137. The highest BCUT2D eigenvalue weighted by Crippen LogP contribution is 2.35. The smallest absolute Gasteiger partial charge is 0.349 e. The molecule has 1 amide bonds. The van der Waals surface area contributed by atoms with Crippen molar-refractivity contribution in [2.75, 3.05) is 31.5 Å². The number of amides is 1. The third kappa shape index (κ3) is 6.23. The van der Waals surface area contributed by atoms with Crippen LogP contribution in [0.5, 0.6) is 0 Å². The summed E-state index contributed by atoms with van der Waals surface area (Å²) in [6.07, 6.45) is 0.0386. The van der Waals surface area contributed by atoms with E-state index in [4.69, 9.17) is 23.8 Å². The first-order chi connectivity index (χ1) is 16.2. The monoisotopic (exact) mass is 529 g/mol. The van der Waals surface area contributed by atoms with Gasteiger partial charge in [0, 0.05) is 31.1 Å². The van der Waals surface area contributed by atoms with Crippen molar-refractivity contribution in [3.05, 3.63) is 51.2 Å². The summed E-state index contributed by atoms with van der Waals surface area (Å²) in [6.45, 7) is 3.13. The molecule has 2 aliphatic rings. The standard InChI is InChI=1S/C24H27ClF3N3OS2/c25-20-4-3-18(24(26,27)28)14-21(20)29-23(33)31-11-7-17(8-12-31)16-5-9-30(10-6-16)22(32)15-19-2-1-13-34-19/h1-4,13-14,16-17H,5-12,15H2,(H,29,33).